The number of nitrogens with one attached hydrogen (secondary N) is 1. The van der Waals surface area contributed by atoms with Crippen molar-refractivity contribution >= 4 is 45.0 Å². The molecule has 0 saturated heterocycles. The van der Waals surface area contributed by atoms with Crippen molar-refractivity contribution in [2.24, 2.45) is 0 Å². The fraction of sp³-hybridized carbons (Fsp3) is 0.353. The Bertz CT molecular complexity index is 825. The lowest BCUT2D eigenvalue weighted by Gasteiger charge is -2.28. The van der Waals surface area contributed by atoms with Crippen molar-refractivity contribution in [3.8, 4) is 0 Å². The first-order chi connectivity index (χ1) is 12.3. The minimum Gasteiger partial charge on any atom is -0.468 e. The number of rotatable bonds is 9. The fourth-order valence-corrected chi connectivity index (χ4v) is 4.49. The van der Waals surface area contributed by atoms with Gasteiger partial charge in [0.05, 0.1) is 24.0 Å². The molecule has 2 rings (SSSR count). The summed E-state index contributed by atoms with van der Waals surface area (Å²) in [6, 6.07) is 9.25. The van der Waals surface area contributed by atoms with Crippen LogP contribution < -0.4 is 9.62 Å². The first-order valence-electron chi connectivity index (χ1n) is 7.92. The monoisotopic (exact) mass is 416 g/mol. The summed E-state index contributed by atoms with van der Waals surface area (Å²) in [5, 5.41) is 3.17. The van der Waals surface area contributed by atoms with Crippen LogP contribution in [0.2, 0.25) is 5.02 Å². The van der Waals surface area contributed by atoms with Crippen molar-refractivity contribution in [1.29, 1.82) is 0 Å². The van der Waals surface area contributed by atoms with Crippen molar-refractivity contribution in [3.63, 3.8) is 0 Å². The van der Waals surface area contributed by atoms with Gasteiger partial charge in [0.1, 0.15) is 11.8 Å². The Morgan fingerprint density at radius 2 is 2.12 bits per heavy atom. The molecule has 0 saturated carbocycles. The average Bonchev–Trinajstić information content (AvgIpc) is 3.06. The van der Waals surface area contributed by atoms with E-state index in [9.17, 15) is 13.2 Å². The number of furan rings is 1. The number of nitrogens with zero attached hydrogens (tertiary/aromatic N) is 1. The van der Waals surface area contributed by atoms with Gasteiger partial charge in [0.15, 0.2) is 0 Å². The molecular formula is C17H21ClN2O4S2. The van der Waals surface area contributed by atoms with Gasteiger partial charge in [-0.05, 0) is 37.3 Å². The van der Waals surface area contributed by atoms with Gasteiger partial charge in [-0.1, -0.05) is 17.7 Å². The number of amides is 1. The maximum atomic E-state index is 12.4. The van der Waals surface area contributed by atoms with E-state index in [-0.39, 0.29) is 5.91 Å². The van der Waals surface area contributed by atoms with E-state index in [1.807, 2.05) is 12.1 Å². The zero-order valence-electron chi connectivity index (χ0n) is 14.5. The minimum atomic E-state index is -3.65. The Balaban J connectivity index is 1.92. The molecule has 0 aliphatic carbocycles. The molecule has 1 atom stereocenters. The van der Waals surface area contributed by atoms with E-state index in [2.05, 4.69) is 5.32 Å². The smallest absolute Gasteiger partial charge is 0.243 e. The topological polar surface area (TPSA) is 79.6 Å². The van der Waals surface area contributed by atoms with Crippen molar-refractivity contribution in [2.45, 2.75) is 18.7 Å². The number of carbonyl (C=O) groups is 1. The van der Waals surface area contributed by atoms with Gasteiger partial charge in [-0.15, -0.1) is 0 Å². The van der Waals surface area contributed by atoms with E-state index in [1.54, 1.807) is 43.1 Å². The quantitative estimate of drug-likeness (QED) is 0.635. The molecule has 142 valence electrons. The highest BCUT2D eigenvalue weighted by molar-refractivity contribution is 7.98. The van der Waals surface area contributed by atoms with Crippen molar-refractivity contribution in [2.75, 3.05) is 22.9 Å². The predicted molar refractivity (Wildman–Crippen MR) is 106 cm³/mol. The lowest BCUT2D eigenvalue weighted by molar-refractivity contribution is -0.121. The molecule has 0 aliphatic rings. The van der Waals surface area contributed by atoms with E-state index in [0.717, 1.165) is 22.1 Å². The molecule has 0 radical (unpaired) electrons. The normalized spacial score (nSPS) is 12.6. The summed E-state index contributed by atoms with van der Waals surface area (Å²) in [5.74, 6) is 1.92. The number of hydrogen-bond donors (Lipinski definition) is 1. The second-order valence-corrected chi connectivity index (χ2v) is 9.04. The van der Waals surface area contributed by atoms with Crippen LogP contribution in [0.1, 0.15) is 12.7 Å². The standard InChI is InChI=1S/C17H21ClN2O4S2/c1-13(17(21)19-8-10-25-12-16-7-4-9-24-16)20(26(2,22)23)15-6-3-5-14(18)11-15/h3-7,9,11,13H,8,10,12H2,1-2H3,(H,19,21)/t13-/m1/s1. The van der Waals surface area contributed by atoms with Gasteiger partial charge in [-0.3, -0.25) is 9.10 Å². The summed E-state index contributed by atoms with van der Waals surface area (Å²) < 4.78 is 30.7. The van der Waals surface area contributed by atoms with Gasteiger partial charge in [-0.2, -0.15) is 11.8 Å². The summed E-state index contributed by atoms with van der Waals surface area (Å²) in [5.41, 5.74) is 0.356. The third kappa shape index (κ3) is 5.96. The van der Waals surface area contributed by atoms with Crippen LogP contribution in [0.25, 0.3) is 0 Å². The van der Waals surface area contributed by atoms with Gasteiger partial charge >= 0.3 is 0 Å². The maximum Gasteiger partial charge on any atom is 0.243 e. The number of thioether (sulfide) groups is 1. The average molecular weight is 417 g/mol. The highest BCUT2D eigenvalue weighted by atomic mass is 35.5. The highest BCUT2D eigenvalue weighted by Gasteiger charge is 2.28. The number of carbonyl (C=O) groups excluding carboxylic acids is 1. The van der Waals surface area contributed by atoms with Gasteiger partial charge < -0.3 is 9.73 Å². The molecule has 26 heavy (non-hydrogen) atoms. The highest BCUT2D eigenvalue weighted by Crippen LogP contribution is 2.24. The molecule has 1 aromatic carbocycles. The second kappa shape index (κ2) is 9.34. The van der Waals surface area contributed by atoms with Gasteiger partial charge in [0, 0.05) is 17.3 Å². The van der Waals surface area contributed by atoms with Crippen LogP contribution in [-0.2, 0) is 20.6 Å². The van der Waals surface area contributed by atoms with E-state index in [0.29, 0.717) is 23.0 Å². The molecule has 0 fully saturated rings. The zero-order valence-corrected chi connectivity index (χ0v) is 16.9. The molecule has 0 spiro atoms. The largest absolute Gasteiger partial charge is 0.468 e. The van der Waals surface area contributed by atoms with E-state index < -0.39 is 16.1 Å². The molecule has 6 nitrogen and oxygen atoms in total. The molecule has 0 unspecified atom stereocenters. The Morgan fingerprint density at radius 3 is 2.73 bits per heavy atom. The number of hydrogen-bond acceptors (Lipinski definition) is 5. The number of benzene rings is 1. The summed E-state index contributed by atoms with van der Waals surface area (Å²) in [4.78, 5) is 12.4. The number of halogens is 1. The molecule has 0 aliphatic heterocycles. The maximum absolute atomic E-state index is 12.4. The van der Waals surface area contributed by atoms with Crippen LogP contribution in [0.3, 0.4) is 0 Å². The number of anilines is 1. The third-order valence-corrected chi connectivity index (χ3v) is 5.98. The van der Waals surface area contributed by atoms with E-state index >= 15 is 0 Å². The summed E-state index contributed by atoms with van der Waals surface area (Å²) >= 11 is 7.57. The van der Waals surface area contributed by atoms with Crippen molar-refractivity contribution < 1.29 is 17.6 Å². The molecule has 1 amide bonds. The minimum absolute atomic E-state index is 0.356. The summed E-state index contributed by atoms with van der Waals surface area (Å²) in [7, 11) is -3.65. The molecule has 9 heteroatoms. The Kier molecular flexibility index (Phi) is 7.43. The van der Waals surface area contributed by atoms with Crippen LogP contribution in [0.4, 0.5) is 5.69 Å². The van der Waals surface area contributed by atoms with Crippen molar-refractivity contribution in [3.05, 3.63) is 53.4 Å². The lowest BCUT2D eigenvalue weighted by atomic mass is 10.2. The van der Waals surface area contributed by atoms with Crippen LogP contribution >= 0.6 is 23.4 Å². The zero-order chi connectivity index (χ0) is 19.2. The Hall–Kier alpha value is -1.64. The molecule has 1 N–H and O–H groups in total. The van der Waals surface area contributed by atoms with Crippen LogP contribution in [-0.4, -0.2) is 38.9 Å². The third-order valence-electron chi connectivity index (χ3n) is 3.52. The molecule has 0 bridgehead atoms. The van der Waals surface area contributed by atoms with Gasteiger partial charge in [0.25, 0.3) is 0 Å². The molecule has 2 aromatic rings. The SMILES string of the molecule is C[C@H](C(=O)NCCSCc1ccco1)N(c1cccc(Cl)c1)S(C)(=O)=O. The Labute approximate surface area is 162 Å². The molecule has 1 aromatic heterocycles. The van der Waals surface area contributed by atoms with Crippen LogP contribution in [0.5, 0.6) is 0 Å². The second-order valence-electron chi connectivity index (χ2n) is 5.64. The van der Waals surface area contributed by atoms with Gasteiger partial charge in [-0.25, -0.2) is 8.42 Å². The van der Waals surface area contributed by atoms with E-state index in [1.165, 1.54) is 6.07 Å². The first kappa shape index (κ1) is 20.7. The summed E-state index contributed by atoms with van der Waals surface area (Å²) in [6.45, 7) is 1.98. The van der Waals surface area contributed by atoms with Crippen LogP contribution in [0.15, 0.2) is 47.1 Å². The predicted octanol–water partition coefficient (Wildman–Crippen LogP) is 3.14. The lowest BCUT2D eigenvalue weighted by Crippen LogP contribution is -2.48. The van der Waals surface area contributed by atoms with Crippen molar-refractivity contribution in [1.82, 2.24) is 5.32 Å². The number of sulfonamides is 1. The Morgan fingerprint density at radius 1 is 1.35 bits per heavy atom. The summed E-state index contributed by atoms with van der Waals surface area (Å²) in [6.07, 6.45) is 2.69. The molecular weight excluding hydrogens is 396 g/mol. The van der Waals surface area contributed by atoms with E-state index in [4.69, 9.17) is 16.0 Å². The first-order valence-corrected chi connectivity index (χ1v) is 11.3. The van der Waals surface area contributed by atoms with Crippen LogP contribution in [0, 0.1) is 0 Å². The molecule has 1 heterocycles. The fourth-order valence-electron chi connectivity index (χ4n) is 2.38. The van der Waals surface area contributed by atoms with Gasteiger partial charge in [0.2, 0.25) is 15.9 Å².